The third-order valence-corrected chi connectivity index (χ3v) is 5.06. The number of piperidine rings is 1. The van der Waals surface area contributed by atoms with Crippen LogP contribution in [0.5, 0.6) is 0 Å². The number of para-hydroxylation sites is 1. The lowest BCUT2D eigenvalue weighted by atomic mass is 10.0. The maximum absolute atomic E-state index is 12.4. The highest BCUT2D eigenvalue weighted by molar-refractivity contribution is 5.86. The molecule has 0 radical (unpaired) electrons. The molecule has 1 aromatic carbocycles. The quantitative estimate of drug-likeness (QED) is 0.762. The van der Waals surface area contributed by atoms with Crippen LogP contribution in [0.3, 0.4) is 0 Å². The molecule has 1 aliphatic rings. The van der Waals surface area contributed by atoms with Crippen LogP contribution in [0.2, 0.25) is 0 Å². The molecule has 6 heteroatoms. The van der Waals surface area contributed by atoms with E-state index in [-0.39, 0.29) is 24.4 Å². The minimum atomic E-state index is -0.507. The van der Waals surface area contributed by atoms with Gasteiger partial charge in [-0.05, 0) is 44.7 Å². The lowest BCUT2D eigenvalue weighted by Gasteiger charge is -2.35. The number of likely N-dealkylation sites (tertiary alicyclic amines) is 1. The van der Waals surface area contributed by atoms with Crippen molar-refractivity contribution < 1.29 is 4.79 Å². The number of carbonyl (C=O) groups is 1. The van der Waals surface area contributed by atoms with Crippen molar-refractivity contribution >= 4 is 29.2 Å². The molecule has 0 saturated carbocycles. The number of rotatable bonds is 5. The maximum atomic E-state index is 12.4. The molecule has 1 amide bonds. The molecule has 1 aromatic heterocycles. The Morgan fingerprint density at radius 3 is 2.68 bits per heavy atom. The topological polar surface area (TPSA) is 74.2 Å². The number of nitrogens with zero attached hydrogens (tertiary/aromatic N) is 1. The number of nitrogens with one attached hydrogen (secondary N) is 2. The normalized spacial score (nSPS) is 17.4. The van der Waals surface area contributed by atoms with Crippen molar-refractivity contribution in [1.82, 2.24) is 15.2 Å². The standard InChI is InChI=1S/C19H28N4O.ClH/c1-13(2)23-9-7-15(8-10-23)22-19(24)17(20)11-14-12-21-18-6-4-3-5-16(14)18;/h3-6,12-13,15,17,21H,7-11,20H2,1-2H3,(H,22,24);1H/t17-;/m0./s1. The van der Waals surface area contributed by atoms with Gasteiger partial charge in [0.1, 0.15) is 0 Å². The van der Waals surface area contributed by atoms with Crippen LogP contribution < -0.4 is 11.1 Å². The maximum Gasteiger partial charge on any atom is 0.237 e. The second-order valence-electron chi connectivity index (χ2n) is 7.08. The second kappa shape index (κ2) is 8.70. The Hall–Kier alpha value is -1.56. The van der Waals surface area contributed by atoms with E-state index in [1.807, 2.05) is 24.4 Å². The molecule has 1 fully saturated rings. The minimum absolute atomic E-state index is 0. The highest BCUT2D eigenvalue weighted by Gasteiger charge is 2.24. The Morgan fingerprint density at radius 2 is 2.00 bits per heavy atom. The predicted molar refractivity (Wildman–Crippen MR) is 105 cm³/mol. The summed E-state index contributed by atoms with van der Waals surface area (Å²) in [7, 11) is 0. The van der Waals surface area contributed by atoms with Crippen LogP contribution >= 0.6 is 12.4 Å². The summed E-state index contributed by atoms with van der Waals surface area (Å²) in [4.78, 5) is 18.1. The molecular formula is C19H29ClN4O. The Bertz CT molecular complexity index is 692. The van der Waals surface area contributed by atoms with E-state index < -0.39 is 6.04 Å². The summed E-state index contributed by atoms with van der Waals surface area (Å²) in [6.07, 6.45) is 4.52. The number of benzene rings is 1. The Morgan fingerprint density at radius 1 is 1.32 bits per heavy atom. The van der Waals surface area contributed by atoms with Gasteiger partial charge in [-0.1, -0.05) is 18.2 Å². The van der Waals surface area contributed by atoms with Crippen LogP contribution in [0, 0.1) is 0 Å². The third kappa shape index (κ3) is 4.75. The van der Waals surface area contributed by atoms with Crippen molar-refractivity contribution in [3.63, 3.8) is 0 Å². The van der Waals surface area contributed by atoms with E-state index in [1.165, 1.54) is 0 Å². The van der Waals surface area contributed by atoms with Gasteiger partial charge in [-0.25, -0.2) is 0 Å². The number of fused-ring (bicyclic) bond motifs is 1. The molecule has 2 aromatic rings. The number of nitrogens with two attached hydrogens (primary N) is 1. The Kier molecular flexibility index (Phi) is 6.87. The number of aromatic nitrogens is 1. The number of hydrogen-bond donors (Lipinski definition) is 3. The SMILES string of the molecule is CC(C)N1CCC(NC(=O)[C@@H](N)Cc2c[nH]c3ccccc23)CC1.Cl. The highest BCUT2D eigenvalue weighted by atomic mass is 35.5. The van der Waals surface area contributed by atoms with E-state index in [4.69, 9.17) is 5.73 Å². The minimum Gasteiger partial charge on any atom is -0.361 e. The largest absolute Gasteiger partial charge is 0.361 e. The molecule has 0 spiro atoms. The molecule has 0 bridgehead atoms. The molecular weight excluding hydrogens is 336 g/mol. The Labute approximate surface area is 155 Å². The van der Waals surface area contributed by atoms with Gasteiger partial charge in [0.15, 0.2) is 0 Å². The van der Waals surface area contributed by atoms with Crippen LogP contribution in [0.1, 0.15) is 32.3 Å². The molecule has 4 N–H and O–H groups in total. The average molecular weight is 365 g/mol. The second-order valence-corrected chi connectivity index (χ2v) is 7.08. The van der Waals surface area contributed by atoms with Crippen molar-refractivity contribution in [1.29, 1.82) is 0 Å². The van der Waals surface area contributed by atoms with E-state index in [2.05, 4.69) is 35.1 Å². The van der Waals surface area contributed by atoms with Crippen LogP contribution in [-0.2, 0) is 11.2 Å². The Balaban J connectivity index is 0.00000225. The fourth-order valence-electron chi connectivity index (χ4n) is 3.50. The number of aromatic amines is 1. The van der Waals surface area contributed by atoms with Crippen LogP contribution in [0.15, 0.2) is 30.5 Å². The molecule has 1 atom stereocenters. The summed E-state index contributed by atoms with van der Waals surface area (Å²) in [6.45, 7) is 6.52. The first-order valence-corrected chi connectivity index (χ1v) is 8.89. The van der Waals surface area contributed by atoms with Gasteiger partial charge in [0, 0.05) is 42.3 Å². The van der Waals surface area contributed by atoms with Gasteiger partial charge in [0.2, 0.25) is 5.91 Å². The molecule has 0 aliphatic carbocycles. The van der Waals surface area contributed by atoms with Crippen LogP contribution in [-0.4, -0.2) is 47.0 Å². The number of amides is 1. The van der Waals surface area contributed by atoms with E-state index in [9.17, 15) is 4.79 Å². The zero-order valence-electron chi connectivity index (χ0n) is 15.0. The molecule has 1 saturated heterocycles. The van der Waals surface area contributed by atoms with E-state index >= 15 is 0 Å². The van der Waals surface area contributed by atoms with E-state index in [1.54, 1.807) is 0 Å². The average Bonchev–Trinajstić information content (AvgIpc) is 2.98. The number of halogens is 1. The predicted octanol–water partition coefficient (Wildman–Crippen LogP) is 2.45. The number of hydrogen-bond acceptors (Lipinski definition) is 3. The van der Waals surface area contributed by atoms with Gasteiger partial charge in [0.25, 0.3) is 0 Å². The summed E-state index contributed by atoms with van der Waals surface area (Å²) in [6, 6.07) is 8.42. The summed E-state index contributed by atoms with van der Waals surface area (Å²) in [5, 5.41) is 4.28. The first kappa shape index (κ1) is 19.8. The first-order chi connectivity index (χ1) is 11.5. The monoisotopic (exact) mass is 364 g/mol. The van der Waals surface area contributed by atoms with Gasteiger partial charge < -0.3 is 20.9 Å². The van der Waals surface area contributed by atoms with Gasteiger partial charge in [-0.15, -0.1) is 12.4 Å². The lowest BCUT2D eigenvalue weighted by Crippen LogP contribution is -2.51. The molecule has 5 nitrogen and oxygen atoms in total. The summed E-state index contributed by atoms with van der Waals surface area (Å²) in [5.41, 5.74) is 8.34. The summed E-state index contributed by atoms with van der Waals surface area (Å²) < 4.78 is 0. The van der Waals surface area contributed by atoms with Gasteiger partial charge in [0.05, 0.1) is 6.04 Å². The van der Waals surface area contributed by atoms with E-state index in [0.29, 0.717) is 12.5 Å². The zero-order chi connectivity index (χ0) is 17.1. The van der Waals surface area contributed by atoms with Crippen LogP contribution in [0.4, 0.5) is 0 Å². The molecule has 3 rings (SSSR count). The lowest BCUT2D eigenvalue weighted by molar-refractivity contribution is -0.123. The van der Waals surface area contributed by atoms with Crippen molar-refractivity contribution in [2.24, 2.45) is 5.73 Å². The summed E-state index contributed by atoms with van der Waals surface area (Å²) >= 11 is 0. The smallest absolute Gasteiger partial charge is 0.237 e. The highest BCUT2D eigenvalue weighted by Crippen LogP contribution is 2.19. The number of carbonyl (C=O) groups excluding carboxylic acids is 1. The molecule has 138 valence electrons. The van der Waals surface area contributed by atoms with Gasteiger partial charge in [-0.2, -0.15) is 0 Å². The molecule has 0 unspecified atom stereocenters. The summed E-state index contributed by atoms with van der Waals surface area (Å²) in [5.74, 6) is -0.0386. The van der Waals surface area contributed by atoms with Crippen molar-refractivity contribution in [3.05, 3.63) is 36.0 Å². The van der Waals surface area contributed by atoms with Gasteiger partial charge >= 0.3 is 0 Å². The third-order valence-electron chi connectivity index (χ3n) is 5.06. The van der Waals surface area contributed by atoms with Crippen LogP contribution in [0.25, 0.3) is 10.9 Å². The molecule has 25 heavy (non-hydrogen) atoms. The number of H-pyrrole nitrogens is 1. The molecule has 1 aliphatic heterocycles. The fraction of sp³-hybridized carbons (Fsp3) is 0.526. The molecule has 2 heterocycles. The first-order valence-electron chi connectivity index (χ1n) is 8.89. The zero-order valence-corrected chi connectivity index (χ0v) is 15.8. The van der Waals surface area contributed by atoms with Crippen molar-refractivity contribution in [3.8, 4) is 0 Å². The van der Waals surface area contributed by atoms with Crippen molar-refractivity contribution in [2.75, 3.05) is 13.1 Å². The fourth-order valence-corrected chi connectivity index (χ4v) is 3.50. The van der Waals surface area contributed by atoms with Gasteiger partial charge in [-0.3, -0.25) is 4.79 Å². The van der Waals surface area contributed by atoms with Crippen molar-refractivity contribution in [2.45, 2.75) is 51.2 Å². The van der Waals surface area contributed by atoms with E-state index in [0.717, 1.165) is 42.4 Å².